The van der Waals surface area contributed by atoms with Crippen LogP contribution in [-0.2, 0) is 17.6 Å². The number of aryl methyl sites for hydroxylation is 2. The van der Waals surface area contributed by atoms with E-state index < -0.39 is 0 Å². The minimum absolute atomic E-state index is 0.648. The molecule has 2 heterocycles. The summed E-state index contributed by atoms with van der Waals surface area (Å²) in [5.41, 5.74) is 2.48. The van der Waals surface area contributed by atoms with Gasteiger partial charge in [0.25, 0.3) is 0 Å². The average molecular weight is 347 g/mol. The van der Waals surface area contributed by atoms with Gasteiger partial charge in [0.05, 0.1) is 12.7 Å². The molecule has 2 aromatic rings. The van der Waals surface area contributed by atoms with E-state index in [0.29, 0.717) is 11.8 Å². The van der Waals surface area contributed by atoms with Crippen LogP contribution in [0.1, 0.15) is 63.8 Å². The Kier molecular flexibility index (Phi) is 9.34. The van der Waals surface area contributed by atoms with E-state index in [2.05, 4.69) is 33.8 Å². The minimum atomic E-state index is 0.648. The molecule has 0 bridgehead atoms. The zero-order valence-corrected chi connectivity index (χ0v) is 15.8. The second kappa shape index (κ2) is 11.9. The number of H-pyrrole nitrogens is 2. The fourth-order valence-corrected chi connectivity index (χ4v) is 3.10. The van der Waals surface area contributed by atoms with Gasteiger partial charge in [-0.05, 0) is 50.4 Å². The Hall–Kier alpha value is -1.62. The molecule has 2 N–H and O–H groups in total. The summed E-state index contributed by atoms with van der Waals surface area (Å²) in [5, 5.41) is 0. The Morgan fingerprint density at radius 3 is 1.68 bits per heavy atom. The number of nitrogens with one attached hydrogen (secondary N) is 2. The van der Waals surface area contributed by atoms with Crippen LogP contribution in [0.4, 0.5) is 0 Å². The number of aromatic nitrogens is 4. The van der Waals surface area contributed by atoms with Crippen molar-refractivity contribution in [2.24, 2.45) is 11.8 Å². The van der Waals surface area contributed by atoms with Crippen LogP contribution in [0, 0.1) is 11.8 Å². The number of rotatable bonds is 14. The molecule has 0 aromatic carbocycles. The maximum absolute atomic E-state index is 5.93. The Labute approximate surface area is 152 Å². The van der Waals surface area contributed by atoms with Crippen LogP contribution in [0.25, 0.3) is 0 Å². The Morgan fingerprint density at radius 1 is 0.800 bits per heavy atom. The molecule has 0 fully saturated rings. The Balaban J connectivity index is 1.40. The molecule has 0 aliphatic heterocycles. The van der Waals surface area contributed by atoms with Crippen molar-refractivity contribution in [1.82, 2.24) is 19.9 Å². The monoisotopic (exact) mass is 346 g/mol. The average Bonchev–Trinajstić information content (AvgIpc) is 3.29. The smallest absolute Gasteiger partial charge is 0.0921 e. The van der Waals surface area contributed by atoms with Gasteiger partial charge in [0.1, 0.15) is 0 Å². The van der Waals surface area contributed by atoms with Crippen LogP contribution in [0.2, 0.25) is 0 Å². The van der Waals surface area contributed by atoms with Gasteiger partial charge in [0.15, 0.2) is 0 Å². The van der Waals surface area contributed by atoms with Crippen LogP contribution in [0.3, 0.4) is 0 Å². The highest BCUT2D eigenvalue weighted by molar-refractivity contribution is 4.94. The molecule has 0 aliphatic carbocycles. The number of imidazole rings is 2. The molecule has 0 saturated carbocycles. The Morgan fingerprint density at radius 2 is 1.28 bits per heavy atom. The van der Waals surface area contributed by atoms with Crippen LogP contribution < -0.4 is 0 Å². The van der Waals surface area contributed by atoms with Crippen molar-refractivity contribution < 1.29 is 4.74 Å². The molecule has 5 heteroatoms. The van der Waals surface area contributed by atoms with Crippen LogP contribution in [0.15, 0.2) is 25.0 Å². The molecule has 140 valence electrons. The Bertz CT molecular complexity index is 476. The van der Waals surface area contributed by atoms with E-state index in [4.69, 9.17) is 4.74 Å². The summed E-state index contributed by atoms with van der Waals surface area (Å²) >= 11 is 0. The highest BCUT2D eigenvalue weighted by Gasteiger charge is 2.06. The summed E-state index contributed by atoms with van der Waals surface area (Å²) in [6.07, 6.45) is 17.0. The van der Waals surface area contributed by atoms with Crippen molar-refractivity contribution in [2.75, 3.05) is 13.2 Å². The van der Waals surface area contributed by atoms with Crippen molar-refractivity contribution in [3.05, 3.63) is 36.4 Å². The first-order valence-corrected chi connectivity index (χ1v) is 9.76. The largest absolute Gasteiger partial charge is 0.381 e. The fraction of sp³-hybridized carbons (Fsp3) is 0.700. The van der Waals surface area contributed by atoms with Crippen LogP contribution in [0.5, 0.6) is 0 Å². The van der Waals surface area contributed by atoms with Gasteiger partial charge in [0, 0.05) is 37.0 Å². The topological polar surface area (TPSA) is 66.6 Å². The molecule has 0 radical (unpaired) electrons. The molecule has 0 amide bonds. The number of unbranched alkanes of at least 4 members (excludes halogenated alkanes) is 2. The molecular weight excluding hydrogens is 312 g/mol. The second-order valence-electron chi connectivity index (χ2n) is 7.39. The van der Waals surface area contributed by atoms with E-state index >= 15 is 0 Å². The summed E-state index contributed by atoms with van der Waals surface area (Å²) in [6.45, 7) is 6.38. The van der Waals surface area contributed by atoms with Crippen molar-refractivity contribution in [1.29, 1.82) is 0 Å². The van der Waals surface area contributed by atoms with Gasteiger partial charge in [-0.15, -0.1) is 0 Å². The first kappa shape index (κ1) is 19.7. The first-order chi connectivity index (χ1) is 12.2. The van der Waals surface area contributed by atoms with E-state index in [9.17, 15) is 0 Å². The van der Waals surface area contributed by atoms with Crippen molar-refractivity contribution in [2.45, 2.75) is 65.2 Å². The third-order valence-corrected chi connectivity index (χ3v) is 4.70. The number of hydrogen-bond donors (Lipinski definition) is 2. The molecule has 2 rings (SSSR count). The maximum atomic E-state index is 5.93. The first-order valence-electron chi connectivity index (χ1n) is 9.76. The lowest BCUT2D eigenvalue weighted by Gasteiger charge is -2.15. The third kappa shape index (κ3) is 8.87. The van der Waals surface area contributed by atoms with Crippen LogP contribution in [-0.4, -0.2) is 33.1 Å². The fourth-order valence-electron chi connectivity index (χ4n) is 3.10. The lowest BCUT2D eigenvalue weighted by Crippen LogP contribution is -2.12. The van der Waals surface area contributed by atoms with Gasteiger partial charge < -0.3 is 14.7 Å². The number of nitrogens with zero attached hydrogens (tertiary/aromatic N) is 2. The van der Waals surface area contributed by atoms with Gasteiger partial charge in [-0.2, -0.15) is 0 Å². The summed E-state index contributed by atoms with van der Waals surface area (Å²) in [4.78, 5) is 14.4. The lowest BCUT2D eigenvalue weighted by atomic mass is 10.0. The predicted molar refractivity (Wildman–Crippen MR) is 101 cm³/mol. The van der Waals surface area contributed by atoms with Gasteiger partial charge in [-0.25, -0.2) is 9.97 Å². The lowest BCUT2D eigenvalue weighted by molar-refractivity contribution is 0.0742. The van der Waals surface area contributed by atoms with Gasteiger partial charge in [-0.1, -0.05) is 26.7 Å². The van der Waals surface area contributed by atoms with Crippen molar-refractivity contribution in [3.63, 3.8) is 0 Å². The summed E-state index contributed by atoms with van der Waals surface area (Å²) in [5.74, 6) is 1.30. The zero-order chi connectivity index (χ0) is 17.7. The molecule has 0 spiro atoms. The van der Waals surface area contributed by atoms with E-state index in [1.54, 1.807) is 12.7 Å². The molecule has 2 atom stereocenters. The zero-order valence-electron chi connectivity index (χ0n) is 15.8. The van der Waals surface area contributed by atoms with E-state index in [0.717, 1.165) is 26.1 Å². The predicted octanol–water partition coefficient (Wildman–Crippen LogP) is 4.55. The molecular formula is C20H34N4O. The highest BCUT2D eigenvalue weighted by atomic mass is 16.5. The molecule has 2 aromatic heterocycles. The van der Waals surface area contributed by atoms with E-state index in [-0.39, 0.29) is 0 Å². The molecule has 2 unspecified atom stereocenters. The second-order valence-corrected chi connectivity index (χ2v) is 7.39. The number of aromatic amines is 2. The molecule has 0 aliphatic rings. The SMILES string of the molecule is CC(CCCCc1cnc[nH]1)COCC(C)CCCCc1cnc[nH]1. The maximum Gasteiger partial charge on any atom is 0.0921 e. The normalized spacial score (nSPS) is 13.8. The standard InChI is InChI=1S/C20H34N4O/c1-17(7-3-5-9-19-11-21-15-23-19)13-25-14-18(2)8-4-6-10-20-12-22-16-24-20/h11-12,15-18H,3-10,13-14H2,1-2H3,(H,21,23)(H,22,24). The summed E-state index contributed by atoms with van der Waals surface area (Å²) in [7, 11) is 0. The van der Waals surface area contributed by atoms with Gasteiger partial charge in [-0.3, -0.25) is 0 Å². The summed E-state index contributed by atoms with van der Waals surface area (Å²) in [6, 6.07) is 0. The third-order valence-electron chi connectivity index (χ3n) is 4.70. The quantitative estimate of drug-likeness (QED) is 0.493. The van der Waals surface area contributed by atoms with Crippen molar-refractivity contribution >= 4 is 0 Å². The minimum Gasteiger partial charge on any atom is -0.381 e. The van der Waals surface area contributed by atoms with Crippen molar-refractivity contribution in [3.8, 4) is 0 Å². The summed E-state index contributed by atoms with van der Waals surface area (Å²) < 4.78 is 5.93. The number of ether oxygens (including phenoxy) is 1. The molecule has 5 nitrogen and oxygen atoms in total. The number of hydrogen-bond acceptors (Lipinski definition) is 3. The van der Waals surface area contributed by atoms with Gasteiger partial charge in [0.2, 0.25) is 0 Å². The molecule has 25 heavy (non-hydrogen) atoms. The van der Waals surface area contributed by atoms with Gasteiger partial charge >= 0.3 is 0 Å². The molecule has 0 saturated heterocycles. The van der Waals surface area contributed by atoms with E-state index in [1.807, 2.05) is 12.4 Å². The van der Waals surface area contributed by atoms with Crippen LogP contribution >= 0.6 is 0 Å². The highest BCUT2D eigenvalue weighted by Crippen LogP contribution is 2.13. The van der Waals surface area contributed by atoms with E-state index in [1.165, 1.54) is 49.9 Å².